The fraction of sp³-hybridized carbons (Fsp3) is 0.143. The molecular formula is C21H22N2O4. The van der Waals surface area contributed by atoms with Crippen LogP contribution in [0, 0.1) is 36.6 Å². The molecular weight excluding hydrogens is 344 g/mol. The number of hydrogen-bond acceptors (Lipinski definition) is 4. The quantitative estimate of drug-likeness (QED) is 0.324. The van der Waals surface area contributed by atoms with Crippen molar-refractivity contribution in [3.63, 3.8) is 0 Å². The minimum Gasteiger partial charge on any atom is -0.595 e. The van der Waals surface area contributed by atoms with E-state index in [4.69, 9.17) is 16.1 Å². The molecule has 2 unspecified atom stereocenters. The second-order valence-corrected chi connectivity index (χ2v) is 5.84. The molecule has 0 aliphatic rings. The molecule has 0 saturated heterocycles. The van der Waals surface area contributed by atoms with Crippen LogP contribution in [-0.4, -0.2) is 6.61 Å². The van der Waals surface area contributed by atoms with Gasteiger partial charge in [0.15, 0.2) is 17.1 Å². The summed E-state index contributed by atoms with van der Waals surface area (Å²) in [5, 5.41) is 23.1. The third-order valence-corrected chi connectivity index (χ3v) is 3.60. The molecule has 0 saturated carbocycles. The first-order chi connectivity index (χ1) is 13.0. The van der Waals surface area contributed by atoms with Crippen molar-refractivity contribution in [2.75, 3.05) is 6.61 Å². The molecule has 0 aromatic heterocycles. The average molecular weight is 366 g/mol. The summed E-state index contributed by atoms with van der Waals surface area (Å²) in [5.41, 5.74) is 2.99. The summed E-state index contributed by atoms with van der Waals surface area (Å²) in [7, 11) is 0. The van der Waals surface area contributed by atoms with E-state index in [9.17, 15) is 10.4 Å². The van der Waals surface area contributed by atoms with E-state index in [1.54, 1.807) is 30.3 Å². The average Bonchev–Trinajstić information content (AvgIpc) is 2.66. The van der Waals surface area contributed by atoms with Gasteiger partial charge in [-0.05, 0) is 26.0 Å². The Balaban J connectivity index is 1.89. The first-order valence-electron chi connectivity index (χ1n) is 8.35. The van der Waals surface area contributed by atoms with Crippen LogP contribution in [-0.2, 0) is 9.68 Å². The number of allylic oxidation sites excluding steroid dienone is 2. The van der Waals surface area contributed by atoms with Crippen molar-refractivity contribution < 1.29 is 20.1 Å². The Labute approximate surface area is 159 Å². The monoisotopic (exact) mass is 366 g/mol. The number of nitrogens with one attached hydrogen (secondary N) is 2. The maximum Gasteiger partial charge on any atom is 0.199 e. The highest BCUT2D eigenvalue weighted by molar-refractivity contribution is 5.32. The fourth-order valence-corrected chi connectivity index (χ4v) is 2.11. The molecule has 0 fully saturated rings. The molecule has 2 aromatic carbocycles. The molecule has 0 heterocycles. The van der Waals surface area contributed by atoms with Crippen molar-refractivity contribution in [3.05, 3.63) is 94.1 Å². The van der Waals surface area contributed by atoms with Gasteiger partial charge in [-0.2, -0.15) is 10.1 Å². The zero-order valence-electron chi connectivity index (χ0n) is 15.3. The van der Waals surface area contributed by atoms with Crippen LogP contribution in [0.1, 0.15) is 11.1 Å². The Bertz CT molecular complexity index is 821. The minimum atomic E-state index is -0.516. The van der Waals surface area contributed by atoms with Crippen molar-refractivity contribution in [3.8, 4) is 12.3 Å². The topological polar surface area (TPSA) is 73.5 Å². The van der Waals surface area contributed by atoms with Gasteiger partial charge in [0.25, 0.3) is 0 Å². The van der Waals surface area contributed by atoms with Crippen LogP contribution in [0.4, 0.5) is 11.4 Å². The highest BCUT2D eigenvalue weighted by Gasteiger charge is 2.06. The van der Waals surface area contributed by atoms with Gasteiger partial charge in [-0.1, -0.05) is 41.3 Å². The van der Waals surface area contributed by atoms with Crippen LogP contribution in [0.15, 0.2) is 72.5 Å². The third kappa shape index (κ3) is 6.72. The molecule has 2 rings (SSSR count). The van der Waals surface area contributed by atoms with Gasteiger partial charge in [-0.3, -0.25) is 0 Å². The second-order valence-electron chi connectivity index (χ2n) is 5.84. The lowest BCUT2D eigenvalue weighted by Crippen LogP contribution is -3.01. The molecule has 27 heavy (non-hydrogen) atoms. The van der Waals surface area contributed by atoms with E-state index in [1.807, 2.05) is 38.1 Å². The highest BCUT2D eigenvalue weighted by atomic mass is 16.9. The number of benzene rings is 2. The largest absolute Gasteiger partial charge is 0.595 e. The third-order valence-electron chi connectivity index (χ3n) is 3.60. The predicted molar refractivity (Wildman–Crippen MR) is 103 cm³/mol. The van der Waals surface area contributed by atoms with E-state index in [2.05, 4.69) is 5.92 Å². The number of terminal acetylenes is 1. The van der Waals surface area contributed by atoms with Crippen LogP contribution in [0.2, 0.25) is 0 Å². The molecule has 0 amide bonds. The SMILES string of the molecule is C#C/C=C(\C=C/CO[NH+]([O-])c1ccc(C)cc1)O[NH+]([O-])c1ccc(C)cc1. The van der Waals surface area contributed by atoms with Crippen LogP contribution in [0.5, 0.6) is 0 Å². The molecule has 2 N–H and O–H groups in total. The van der Waals surface area contributed by atoms with E-state index in [-0.39, 0.29) is 12.4 Å². The van der Waals surface area contributed by atoms with Crippen LogP contribution < -0.4 is 10.5 Å². The fourth-order valence-electron chi connectivity index (χ4n) is 2.11. The molecule has 140 valence electrons. The van der Waals surface area contributed by atoms with E-state index >= 15 is 0 Å². The molecule has 2 aromatic rings. The Kier molecular flexibility index (Phi) is 7.77. The molecule has 2 atom stereocenters. The number of hydrogen-bond donors (Lipinski definition) is 2. The Morgan fingerprint density at radius 1 is 0.963 bits per heavy atom. The lowest BCUT2D eigenvalue weighted by Gasteiger charge is -2.20. The van der Waals surface area contributed by atoms with Crippen LogP contribution in [0.25, 0.3) is 0 Å². The van der Waals surface area contributed by atoms with Crippen molar-refractivity contribution >= 4 is 11.4 Å². The van der Waals surface area contributed by atoms with Gasteiger partial charge >= 0.3 is 0 Å². The Morgan fingerprint density at radius 3 is 2.00 bits per heavy atom. The molecule has 0 aliphatic carbocycles. The zero-order chi connectivity index (χ0) is 19.6. The number of rotatable bonds is 8. The molecule has 6 nitrogen and oxygen atoms in total. The number of quaternary nitrogens is 2. The first kappa shape index (κ1) is 20.4. The summed E-state index contributed by atoms with van der Waals surface area (Å²) in [5.74, 6) is 2.51. The zero-order valence-corrected chi connectivity index (χ0v) is 15.3. The molecule has 0 radical (unpaired) electrons. The number of aryl methyl sites for hydroxylation is 2. The van der Waals surface area contributed by atoms with Crippen molar-refractivity contribution in [2.45, 2.75) is 13.8 Å². The van der Waals surface area contributed by atoms with Gasteiger partial charge < -0.3 is 15.3 Å². The summed E-state index contributed by atoms with van der Waals surface area (Å²) in [6.07, 6.45) is 9.64. The first-order valence-corrected chi connectivity index (χ1v) is 8.35. The maximum atomic E-state index is 12.1. The van der Waals surface area contributed by atoms with Crippen molar-refractivity contribution in [2.24, 2.45) is 0 Å². The van der Waals surface area contributed by atoms with Gasteiger partial charge in [-0.25, -0.2) is 0 Å². The lowest BCUT2D eigenvalue weighted by atomic mass is 10.2. The summed E-state index contributed by atoms with van der Waals surface area (Å²) < 4.78 is 0. The lowest BCUT2D eigenvalue weighted by molar-refractivity contribution is -0.996. The van der Waals surface area contributed by atoms with Gasteiger partial charge in [0.2, 0.25) is 0 Å². The van der Waals surface area contributed by atoms with Crippen molar-refractivity contribution in [1.29, 1.82) is 0 Å². The Morgan fingerprint density at radius 2 is 1.48 bits per heavy atom. The van der Waals surface area contributed by atoms with Gasteiger partial charge in [0.05, 0.1) is 0 Å². The van der Waals surface area contributed by atoms with Crippen LogP contribution in [0.3, 0.4) is 0 Å². The Hall–Kier alpha value is -2.92. The summed E-state index contributed by atoms with van der Waals surface area (Å²) in [6, 6.07) is 14.1. The maximum absolute atomic E-state index is 12.1. The summed E-state index contributed by atoms with van der Waals surface area (Å²) in [6.45, 7) is 3.89. The van der Waals surface area contributed by atoms with Crippen molar-refractivity contribution in [1.82, 2.24) is 0 Å². The molecule has 0 bridgehead atoms. The second kappa shape index (κ2) is 10.3. The van der Waals surface area contributed by atoms with Gasteiger partial charge in [0, 0.05) is 30.3 Å². The van der Waals surface area contributed by atoms with E-state index < -0.39 is 10.5 Å². The van der Waals surface area contributed by atoms with E-state index in [0.717, 1.165) is 11.1 Å². The van der Waals surface area contributed by atoms with Crippen LogP contribution >= 0.6 is 0 Å². The highest BCUT2D eigenvalue weighted by Crippen LogP contribution is 2.06. The van der Waals surface area contributed by atoms with Gasteiger partial charge in [0.1, 0.15) is 6.61 Å². The molecule has 6 heteroatoms. The van der Waals surface area contributed by atoms with E-state index in [1.165, 1.54) is 12.2 Å². The molecule has 0 spiro atoms. The van der Waals surface area contributed by atoms with Gasteiger partial charge in [-0.15, -0.1) is 11.6 Å². The van der Waals surface area contributed by atoms with E-state index in [0.29, 0.717) is 11.4 Å². The minimum absolute atomic E-state index is 0.0245. The molecule has 0 aliphatic heterocycles. The predicted octanol–water partition coefficient (Wildman–Crippen LogP) is 1.97. The standard InChI is InChI=1S/C21H22N2O4/c1-4-6-21(27-23(25)20-14-10-18(3)11-15-20)7-5-16-26-22(24)19-12-8-17(2)9-13-19/h1,5-15,22-23H,16H2,2-3H3/b7-5-,21-6+. The summed E-state index contributed by atoms with van der Waals surface area (Å²) in [4.78, 5) is 10.4. The smallest absolute Gasteiger partial charge is 0.199 e. The normalized spacial score (nSPS) is 14.0. The summed E-state index contributed by atoms with van der Waals surface area (Å²) >= 11 is 0.